The van der Waals surface area contributed by atoms with Crippen molar-refractivity contribution >= 4 is 13.3 Å². The molecule has 2 nitrogen and oxygen atoms in total. The van der Waals surface area contributed by atoms with Crippen LogP contribution < -0.4 is 5.19 Å². The maximum Gasteiger partial charge on any atom is 0.0799 e. The molecule has 0 atom stereocenters. The van der Waals surface area contributed by atoms with Crippen molar-refractivity contribution in [3.63, 3.8) is 0 Å². The molecule has 287 valence electrons. The van der Waals surface area contributed by atoms with Gasteiger partial charge in [-0.3, -0.25) is 0 Å². The maximum absolute atomic E-state index is 8.61. The van der Waals surface area contributed by atoms with Gasteiger partial charge >= 0.3 is 0 Å². The Morgan fingerprint density at radius 1 is 0.625 bits per heavy atom. The number of rotatable bonds is 8. The molecule has 7 aromatic rings. The summed E-state index contributed by atoms with van der Waals surface area (Å²) in [7, 11) is -1.57. The van der Waals surface area contributed by atoms with E-state index in [4.69, 9.17) is 6.35 Å². The van der Waals surface area contributed by atoms with Gasteiger partial charge in [-0.1, -0.05) is 143 Å². The molecule has 0 aliphatic carbocycles. The molecule has 2 heterocycles. The van der Waals surface area contributed by atoms with E-state index in [-0.39, 0.29) is 25.5 Å². The first-order valence-corrected chi connectivity index (χ1v) is 22.7. The fourth-order valence-electron chi connectivity index (χ4n) is 7.43. The summed E-state index contributed by atoms with van der Waals surface area (Å²) < 4.78 is 8.61. The Hall–Kier alpha value is -4.73. The van der Waals surface area contributed by atoms with Crippen molar-refractivity contribution < 1.29 is 21.5 Å². The molecular formula is C52H54IrN2Si-2. The van der Waals surface area contributed by atoms with E-state index in [1.165, 1.54) is 49.7 Å². The van der Waals surface area contributed by atoms with Crippen LogP contribution in [-0.4, -0.2) is 18.0 Å². The minimum atomic E-state index is -1.57. The second kappa shape index (κ2) is 18.0. The molecule has 0 saturated heterocycles. The van der Waals surface area contributed by atoms with Crippen LogP contribution in [0, 0.1) is 32.9 Å². The second-order valence-electron chi connectivity index (χ2n) is 16.4. The molecule has 0 bridgehead atoms. The number of hydrogen-bond donors (Lipinski definition) is 0. The zero-order valence-corrected chi connectivity index (χ0v) is 37.9. The van der Waals surface area contributed by atoms with Crippen LogP contribution in [0.5, 0.6) is 0 Å². The van der Waals surface area contributed by atoms with Crippen LogP contribution in [0.25, 0.3) is 44.8 Å². The third-order valence-electron chi connectivity index (χ3n) is 10.5. The minimum Gasteiger partial charge on any atom is -0.305 e. The van der Waals surface area contributed by atoms with Crippen LogP contribution >= 0.6 is 0 Å². The topological polar surface area (TPSA) is 25.8 Å². The summed E-state index contributed by atoms with van der Waals surface area (Å²) in [4.78, 5) is 9.42. The van der Waals surface area contributed by atoms with Crippen LogP contribution in [0.2, 0.25) is 19.6 Å². The molecular weight excluding hydrogens is 873 g/mol. The molecule has 0 spiro atoms. The number of pyridine rings is 2. The van der Waals surface area contributed by atoms with Gasteiger partial charge in [0.25, 0.3) is 0 Å². The van der Waals surface area contributed by atoms with Gasteiger partial charge in [-0.2, -0.15) is 0 Å². The summed E-state index contributed by atoms with van der Waals surface area (Å²) in [6, 6.07) is 51.2. The van der Waals surface area contributed by atoms with E-state index in [0.29, 0.717) is 0 Å². The molecule has 56 heavy (non-hydrogen) atoms. The third-order valence-corrected chi connectivity index (χ3v) is 12.5. The van der Waals surface area contributed by atoms with E-state index in [9.17, 15) is 0 Å². The van der Waals surface area contributed by atoms with Gasteiger partial charge in [0.05, 0.1) is 8.07 Å². The Bertz CT molecular complexity index is 2420. The van der Waals surface area contributed by atoms with E-state index in [0.717, 1.165) is 33.6 Å². The van der Waals surface area contributed by atoms with Crippen molar-refractivity contribution in [3.05, 3.63) is 185 Å². The Morgan fingerprint density at radius 3 is 1.84 bits per heavy atom. The van der Waals surface area contributed by atoms with Crippen molar-refractivity contribution in [3.8, 4) is 44.8 Å². The van der Waals surface area contributed by atoms with Gasteiger partial charge in [0.15, 0.2) is 0 Å². The quantitative estimate of drug-likeness (QED) is 0.112. The van der Waals surface area contributed by atoms with Gasteiger partial charge in [-0.05, 0) is 88.1 Å². The maximum atomic E-state index is 8.61. The number of benzene rings is 5. The number of nitrogens with zero attached hydrogens (tertiary/aromatic N) is 2. The van der Waals surface area contributed by atoms with Crippen molar-refractivity contribution in [1.29, 1.82) is 0 Å². The van der Waals surface area contributed by atoms with Crippen LogP contribution in [0.1, 0.15) is 68.3 Å². The first kappa shape index (κ1) is 40.9. The molecule has 2 aromatic heterocycles. The molecule has 0 N–H and O–H groups in total. The van der Waals surface area contributed by atoms with Crippen LogP contribution in [0.15, 0.2) is 140 Å². The van der Waals surface area contributed by atoms with Crippen molar-refractivity contribution in [2.45, 2.75) is 79.4 Å². The Kier molecular flexibility index (Phi) is 13.2. The van der Waals surface area contributed by atoms with Gasteiger partial charge in [-0.15, -0.1) is 70.8 Å². The van der Waals surface area contributed by atoms with E-state index >= 15 is 0 Å². The van der Waals surface area contributed by atoms with E-state index in [1.807, 2.05) is 56.6 Å². The Morgan fingerprint density at radius 2 is 1.21 bits per heavy atom. The fraction of sp³-hybridized carbons (Fsp3) is 0.231. The number of aromatic nitrogens is 2. The average molecular weight is 928 g/mol. The van der Waals surface area contributed by atoms with Crippen molar-refractivity contribution in [2.75, 3.05) is 0 Å². The second-order valence-corrected chi connectivity index (χ2v) is 21.4. The molecule has 0 saturated carbocycles. The van der Waals surface area contributed by atoms with E-state index in [1.54, 1.807) is 0 Å². The summed E-state index contributed by atoms with van der Waals surface area (Å²) in [6.07, 6.45) is 3.91. The summed E-state index contributed by atoms with van der Waals surface area (Å²) in [5.74, 6) is -0.648. The van der Waals surface area contributed by atoms with Crippen molar-refractivity contribution in [2.24, 2.45) is 0 Å². The van der Waals surface area contributed by atoms with Gasteiger partial charge < -0.3 is 9.97 Å². The summed E-state index contributed by atoms with van der Waals surface area (Å²) >= 11 is 0. The smallest absolute Gasteiger partial charge is 0.0799 e. The first-order chi connectivity index (χ1) is 26.5. The molecule has 0 unspecified atom stereocenters. The standard InChI is InChI=1S/C29H28N.C23H26NSi.Ir/c1-20-16-21(2)28(22(3)17-20)24-14-15-30-27(19-24)23-10-9-13-26(18-23)29(4,5)25-11-7-6-8-12-25;1-17(2)21-15-22(24-16-23(21)25(3,4)5)20-13-9-12-19(14-20)18-10-7-6-8-11-18;/h6-9,11-19H,1-5H3;6-12,14-17H,1-5H3;/q2*-1;/i;17D;. The monoisotopic (exact) mass is 928 g/mol. The zero-order chi connectivity index (χ0) is 40.3. The molecule has 0 aliphatic rings. The van der Waals surface area contributed by atoms with Gasteiger partial charge in [0, 0.05) is 33.9 Å². The average Bonchev–Trinajstić information content (AvgIpc) is 3.18. The minimum absolute atomic E-state index is 0. The van der Waals surface area contributed by atoms with Gasteiger partial charge in [0.2, 0.25) is 0 Å². The fourth-order valence-corrected chi connectivity index (χ4v) is 9.01. The molecule has 0 fully saturated rings. The van der Waals surface area contributed by atoms with Crippen LogP contribution in [0.4, 0.5) is 0 Å². The largest absolute Gasteiger partial charge is 0.305 e. The molecule has 7 rings (SSSR count). The molecule has 1 radical (unpaired) electrons. The van der Waals surface area contributed by atoms with Crippen LogP contribution in [0.3, 0.4) is 0 Å². The summed E-state index contributed by atoms with van der Waals surface area (Å²) in [5, 5.41) is 1.26. The van der Waals surface area contributed by atoms with Gasteiger partial charge in [-0.25, -0.2) is 0 Å². The zero-order valence-electron chi connectivity index (χ0n) is 35.5. The SMILES string of the molecule is Cc1cc(C)c(-c2ccnc(-c3[c-]ccc(C(C)(C)c4ccccc4)c3)c2)c(C)c1.[2H]C(C)(C)c1cc(-c2[c-]ccc(-c3ccccc3)c2)ncc1[Si](C)(C)C.[Ir]. The molecule has 0 aliphatic heterocycles. The predicted molar refractivity (Wildman–Crippen MR) is 238 cm³/mol. The predicted octanol–water partition coefficient (Wildman–Crippen LogP) is 13.3. The van der Waals surface area contributed by atoms with E-state index < -0.39 is 14.0 Å². The molecule has 4 heteroatoms. The number of hydrogen-bond acceptors (Lipinski definition) is 2. The Balaban J connectivity index is 0.000000216. The van der Waals surface area contributed by atoms with Crippen molar-refractivity contribution in [1.82, 2.24) is 9.97 Å². The third kappa shape index (κ3) is 9.79. The summed E-state index contributed by atoms with van der Waals surface area (Å²) in [6.45, 7) is 21.9. The molecule has 5 aromatic carbocycles. The normalized spacial score (nSPS) is 11.9. The molecule has 0 amide bonds. The van der Waals surface area contributed by atoms with Gasteiger partial charge in [0.1, 0.15) is 0 Å². The van der Waals surface area contributed by atoms with Crippen LogP contribution in [-0.2, 0) is 25.5 Å². The Labute approximate surface area is 352 Å². The van der Waals surface area contributed by atoms with E-state index in [2.05, 4.69) is 168 Å². The first-order valence-electron chi connectivity index (χ1n) is 19.7. The number of aryl methyl sites for hydroxylation is 3. The summed E-state index contributed by atoms with van der Waals surface area (Å²) in [5.41, 5.74) is 16.1.